The number of aromatic carboxylic acids is 1. The van der Waals surface area contributed by atoms with Crippen LogP contribution in [0.4, 0.5) is 0 Å². The second-order valence-corrected chi connectivity index (χ2v) is 5.15. The standard InChI is InChI=1S/C15H19NO3/c1-10(2)5-6-16-9-11-3-4-13-12(7-11)8-14(19-13)15(17)18/h3-4,7-8,10,16H,5-6,9H2,1-2H3,(H,17,18). The topological polar surface area (TPSA) is 62.5 Å². The highest BCUT2D eigenvalue weighted by atomic mass is 16.4. The average molecular weight is 261 g/mol. The summed E-state index contributed by atoms with van der Waals surface area (Å²) in [5, 5.41) is 13.1. The Morgan fingerprint density at radius 3 is 2.84 bits per heavy atom. The van der Waals surface area contributed by atoms with Crippen LogP contribution < -0.4 is 5.32 Å². The summed E-state index contributed by atoms with van der Waals surface area (Å²) in [6, 6.07) is 7.31. The highest BCUT2D eigenvalue weighted by molar-refractivity contribution is 5.91. The van der Waals surface area contributed by atoms with Crippen LogP contribution in [0.3, 0.4) is 0 Å². The fourth-order valence-electron chi connectivity index (χ4n) is 1.93. The van der Waals surface area contributed by atoms with Crippen molar-refractivity contribution >= 4 is 16.9 Å². The number of fused-ring (bicyclic) bond motifs is 1. The predicted molar refractivity (Wildman–Crippen MR) is 74.3 cm³/mol. The van der Waals surface area contributed by atoms with Crippen molar-refractivity contribution in [1.29, 1.82) is 0 Å². The van der Waals surface area contributed by atoms with Gasteiger partial charge in [0.15, 0.2) is 0 Å². The molecule has 0 aliphatic heterocycles. The highest BCUT2D eigenvalue weighted by Crippen LogP contribution is 2.20. The smallest absolute Gasteiger partial charge is 0.371 e. The van der Waals surface area contributed by atoms with Crippen LogP contribution in [0.5, 0.6) is 0 Å². The Balaban J connectivity index is 2.02. The van der Waals surface area contributed by atoms with Crippen molar-refractivity contribution in [2.45, 2.75) is 26.8 Å². The lowest BCUT2D eigenvalue weighted by Crippen LogP contribution is -2.16. The molecule has 4 nitrogen and oxygen atoms in total. The number of furan rings is 1. The Morgan fingerprint density at radius 1 is 1.37 bits per heavy atom. The summed E-state index contributed by atoms with van der Waals surface area (Å²) in [5.41, 5.74) is 1.75. The molecule has 1 aromatic heterocycles. The van der Waals surface area contributed by atoms with Crippen molar-refractivity contribution in [3.05, 3.63) is 35.6 Å². The monoisotopic (exact) mass is 261 g/mol. The largest absolute Gasteiger partial charge is 0.475 e. The minimum atomic E-state index is -1.03. The van der Waals surface area contributed by atoms with Crippen molar-refractivity contribution in [2.24, 2.45) is 5.92 Å². The quantitative estimate of drug-likeness (QED) is 0.783. The number of rotatable bonds is 6. The number of hydrogen-bond donors (Lipinski definition) is 2. The number of nitrogens with one attached hydrogen (secondary N) is 1. The molecule has 102 valence electrons. The third kappa shape index (κ3) is 3.58. The molecular weight excluding hydrogens is 242 g/mol. The number of carbonyl (C=O) groups is 1. The van der Waals surface area contributed by atoms with Gasteiger partial charge in [0.05, 0.1) is 0 Å². The summed E-state index contributed by atoms with van der Waals surface area (Å²) in [6.07, 6.45) is 1.15. The van der Waals surface area contributed by atoms with Crippen molar-refractivity contribution < 1.29 is 14.3 Å². The maximum Gasteiger partial charge on any atom is 0.371 e. The van der Waals surface area contributed by atoms with Crippen molar-refractivity contribution in [3.63, 3.8) is 0 Å². The number of benzene rings is 1. The van der Waals surface area contributed by atoms with Crippen molar-refractivity contribution in [2.75, 3.05) is 6.54 Å². The first-order valence-electron chi connectivity index (χ1n) is 6.52. The third-order valence-corrected chi connectivity index (χ3v) is 3.02. The van der Waals surface area contributed by atoms with E-state index < -0.39 is 5.97 Å². The maximum atomic E-state index is 10.8. The van der Waals surface area contributed by atoms with Gasteiger partial charge >= 0.3 is 5.97 Å². The molecule has 4 heteroatoms. The first kappa shape index (κ1) is 13.6. The minimum absolute atomic E-state index is 0.0140. The van der Waals surface area contributed by atoms with Gasteiger partial charge in [0, 0.05) is 11.9 Å². The van der Waals surface area contributed by atoms with Crippen LogP contribution in [-0.2, 0) is 6.54 Å². The summed E-state index contributed by atoms with van der Waals surface area (Å²) >= 11 is 0. The van der Waals surface area contributed by atoms with E-state index in [-0.39, 0.29) is 5.76 Å². The molecule has 2 aromatic rings. The van der Waals surface area contributed by atoms with Crippen LogP contribution in [0.1, 0.15) is 36.4 Å². The van der Waals surface area contributed by atoms with Crippen LogP contribution in [0.15, 0.2) is 28.7 Å². The van der Waals surface area contributed by atoms with Crippen LogP contribution in [-0.4, -0.2) is 17.6 Å². The molecule has 0 saturated heterocycles. The van der Waals surface area contributed by atoms with E-state index in [1.54, 1.807) is 6.07 Å². The summed E-state index contributed by atoms with van der Waals surface area (Å²) in [7, 11) is 0. The predicted octanol–water partition coefficient (Wildman–Crippen LogP) is 3.27. The SMILES string of the molecule is CC(C)CCNCc1ccc2oc(C(=O)O)cc2c1. The normalized spacial score (nSPS) is 11.3. The number of hydrogen-bond acceptors (Lipinski definition) is 3. The van der Waals surface area contributed by atoms with E-state index in [0.717, 1.165) is 30.5 Å². The van der Waals surface area contributed by atoms with E-state index >= 15 is 0 Å². The van der Waals surface area contributed by atoms with Crippen LogP contribution in [0.25, 0.3) is 11.0 Å². The van der Waals surface area contributed by atoms with Gasteiger partial charge in [-0.2, -0.15) is 0 Å². The molecule has 19 heavy (non-hydrogen) atoms. The van der Waals surface area contributed by atoms with Crippen molar-refractivity contribution in [1.82, 2.24) is 5.32 Å². The molecule has 0 atom stereocenters. The molecule has 2 rings (SSSR count). The molecule has 0 spiro atoms. The fourth-order valence-corrected chi connectivity index (χ4v) is 1.93. The second kappa shape index (κ2) is 5.89. The lowest BCUT2D eigenvalue weighted by molar-refractivity contribution is 0.0665. The Kier molecular flexibility index (Phi) is 4.22. The third-order valence-electron chi connectivity index (χ3n) is 3.02. The summed E-state index contributed by atoms with van der Waals surface area (Å²) < 4.78 is 5.22. The molecule has 2 N–H and O–H groups in total. The molecule has 0 saturated carbocycles. The summed E-state index contributed by atoms with van der Waals surface area (Å²) in [5.74, 6) is -0.352. The molecule has 1 heterocycles. The van der Waals surface area contributed by atoms with Gasteiger partial charge < -0.3 is 14.8 Å². The van der Waals surface area contributed by atoms with Gasteiger partial charge in [-0.25, -0.2) is 4.79 Å². The summed E-state index contributed by atoms with van der Waals surface area (Å²) in [4.78, 5) is 10.8. The summed E-state index contributed by atoms with van der Waals surface area (Å²) in [6.45, 7) is 6.18. The molecule has 0 fully saturated rings. The molecule has 0 radical (unpaired) electrons. The number of carboxylic acid groups (broad SMARTS) is 1. The van der Waals surface area contributed by atoms with Gasteiger partial charge in [0.25, 0.3) is 0 Å². The average Bonchev–Trinajstić information content (AvgIpc) is 2.77. The zero-order valence-corrected chi connectivity index (χ0v) is 11.3. The first-order valence-corrected chi connectivity index (χ1v) is 6.52. The highest BCUT2D eigenvalue weighted by Gasteiger charge is 2.10. The van der Waals surface area contributed by atoms with Crippen LogP contribution in [0, 0.1) is 5.92 Å². The van der Waals surface area contributed by atoms with Gasteiger partial charge in [0.1, 0.15) is 5.58 Å². The fraction of sp³-hybridized carbons (Fsp3) is 0.400. The molecule has 0 aliphatic rings. The lowest BCUT2D eigenvalue weighted by Gasteiger charge is -2.06. The Labute approximate surface area is 112 Å². The van der Waals surface area contributed by atoms with E-state index in [1.165, 1.54) is 0 Å². The van der Waals surface area contributed by atoms with Crippen molar-refractivity contribution in [3.8, 4) is 0 Å². The molecule has 0 unspecified atom stereocenters. The molecule has 0 amide bonds. The van der Waals surface area contributed by atoms with E-state index in [1.807, 2.05) is 18.2 Å². The van der Waals surface area contributed by atoms with Crippen LogP contribution >= 0.6 is 0 Å². The molecule has 1 aromatic carbocycles. The first-order chi connectivity index (χ1) is 9.06. The zero-order valence-electron chi connectivity index (χ0n) is 11.3. The number of carboxylic acids is 1. The Hall–Kier alpha value is -1.81. The van der Waals surface area contributed by atoms with E-state index in [4.69, 9.17) is 9.52 Å². The molecule has 0 bridgehead atoms. The lowest BCUT2D eigenvalue weighted by atomic mass is 10.1. The van der Waals surface area contributed by atoms with Gasteiger partial charge in [-0.3, -0.25) is 0 Å². The van der Waals surface area contributed by atoms with E-state index in [0.29, 0.717) is 11.5 Å². The Morgan fingerprint density at radius 2 is 2.16 bits per heavy atom. The van der Waals surface area contributed by atoms with E-state index in [2.05, 4.69) is 19.2 Å². The van der Waals surface area contributed by atoms with Crippen LogP contribution in [0.2, 0.25) is 0 Å². The maximum absolute atomic E-state index is 10.8. The van der Waals surface area contributed by atoms with Gasteiger partial charge in [-0.05, 0) is 42.6 Å². The Bertz CT molecular complexity index is 572. The van der Waals surface area contributed by atoms with Gasteiger partial charge in [-0.15, -0.1) is 0 Å². The minimum Gasteiger partial charge on any atom is -0.475 e. The molecular formula is C15H19NO3. The van der Waals surface area contributed by atoms with Gasteiger partial charge in [0.2, 0.25) is 5.76 Å². The molecule has 0 aliphatic carbocycles. The van der Waals surface area contributed by atoms with E-state index in [9.17, 15) is 4.79 Å². The van der Waals surface area contributed by atoms with Gasteiger partial charge in [-0.1, -0.05) is 19.9 Å². The zero-order chi connectivity index (χ0) is 13.8. The second-order valence-electron chi connectivity index (χ2n) is 5.15.